The first-order chi connectivity index (χ1) is 9.78. The third-order valence-electron chi connectivity index (χ3n) is 4.04. The first-order valence-electron chi connectivity index (χ1n) is 7.58. The van der Waals surface area contributed by atoms with E-state index in [2.05, 4.69) is 57.0 Å². The Hall–Kier alpha value is -1.62. The van der Waals surface area contributed by atoms with Crippen molar-refractivity contribution in [2.24, 2.45) is 0 Å². The van der Waals surface area contributed by atoms with Crippen LogP contribution in [0.25, 0.3) is 0 Å². The average molecular weight is 273 g/mol. The Kier molecular flexibility index (Phi) is 3.87. The lowest BCUT2D eigenvalue weighted by Crippen LogP contribution is -2.17. The van der Waals surface area contributed by atoms with Crippen LogP contribution in [0.2, 0.25) is 0 Å². The maximum absolute atomic E-state index is 4.36. The summed E-state index contributed by atoms with van der Waals surface area (Å²) in [7, 11) is 0. The predicted octanol–water partition coefficient (Wildman–Crippen LogP) is 2.13. The summed E-state index contributed by atoms with van der Waals surface area (Å²) in [6, 6.07) is 2.58. The van der Waals surface area contributed by atoms with E-state index in [1.54, 1.807) is 0 Å². The minimum absolute atomic E-state index is 0.397. The zero-order valence-corrected chi connectivity index (χ0v) is 12.3. The van der Waals surface area contributed by atoms with Crippen molar-refractivity contribution < 1.29 is 0 Å². The highest BCUT2D eigenvalue weighted by Crippen LogP contribution is 2.17. The average Bonchev–Trinajstić information content (AvgIpc) is 3.08. The van der Waals surface area contributed by atoms with Crippen molar-refractivity contribution in [3.05, 3.63) is 35.7 Å². The smallest absolute Gasteiger partial charge is 0.152 e. The number of hydrogen-bond donors (Lipinski definition) is 1. The van der Waals surface area contributed by atoms with E-state index in [0.29, 0.717) is 6.04 Å². The topological polar surface area (TPSA) is 47.7 Å². The summed E-state index contributed by atoms with van der Waals surface area (Å²) in [4.78, 5) is 0. The molecule has 2 aromatic heterocycles. The lowest BCUT2D eigenvalue weighted by molar-refractivity contribution is 0.501. The van der Waals surface area contributed by atoms with Gasteiger partial charge < -0.3 is 14.5 Å². The van der Waals surface area contributed by atoms with Gasteiger partial charge in [0.1, 0.15) is 5.82 Å². The number of aromatic nitrogens is 4. The van der Waals surface area contributed by atoms with Crippen molar-refractivity contribution in [3.63, 3.8) is 0 Å². The molecular formula is C15H23N5. The fourth-order valence-electron chi connectivity index (χ4n) is 2.89. The van der Waals surface area contributed by atoms with E-state index in [4.69, 9.17) is 0 Å². The molecule has 1 unspecified atom stereocenters. The van der Waals surface area contributed by atoms with E-state index < -0.39 is 0 Å². The highest BCUT2D eigenvalue weighted by Gasteiger charge is 2.16. The first kappa shape index (κ1) is 13.4. The van der Waals surface area contributed by atoms with Crippen LogP contribution in [-0.2, 0) is 19.5 Å². The fraction of sp³-hybridized carbons (Fsp3) is 0.600. The Morgan fingerprint density at radius 2 is 2.25 bits per heavy atom. The van der Waals surface area contributed by atoms with Gasteiger partial charge in [-0.05, 0) is 37.9 Å². The van der Waals surface area contributed by atoms with Gasteiger partial charge in [0.05, 0.1) is 6.54 Å². The Morgan fingerprint density at radius 1 is 1.35 bits per heavy atom. The van der Waals surface area contributed by atoms with Crippen LogP contribution in [0.3, 0.4) is 0 Å². The SMILES string of the molecule is CCNC(C)c1ccn(Cc2nnc3n2CCCC3)c1. The molecule has 0 spiro atoms. The molecule has 0 aromatic carbocycles. The van der Waals surface area contributed by atoms with Gasteiger partial charge in [0, 0.05) is 31.4 Å². The van der Waals surface area contributed by atoms with Gasteiger partial charge in [0.25, 0.3) is 0 Å². The molecule has 3 heterocycles. The summed E-state index contributed by atoms with van der Waals surface area (Å²) in [5, 5.41) is 12.1. The highest BCUT2D eigenvalue weighted by atomic mass is 15.3. The van der Waals surface area contributed by atoms with E-state index in [1.807, 2.05) is 0 Å². The molecule has 0 saturated heterocycles. The van der Waals surface area contributed by atoms with Gasteiger partial charge in [0.2, 0.25) is 0 Å². The quantitative estimate of drug-likeness (QED) is 0.908. The van der Waals surface area contributed by atoms with E-state index in [1.165, 1.54) is 18.4 Å². The van der Waals surface area contributed by atoms with Crippen LogP contribution >= 0.6 is 0 Å². The summed E-state index contributed by atoms with van der Waals surface area (Å²) in [5.74, 6) is 2.23. The van der Waals surface area contributed by atoms with Crippen molar-refractivity contribution in [1.29, 1.82) is 0 Å². The monoisotopic (exact) mass is 273 g/mol. The predicted molar refractivity (Wildman–Crippen MR) is 78.6 cm³/mol. The van der Waals surface area contributed by atoms with Crippen LogP contribution in [0.15, 0.2) is 18.5 Å². The van der Waals surface area contributed by atoms with E-state index >= 15 is 0 Å². The van der Waals surface area contributed by atoms with Crippen LogP contribution in [-0.4, -0.2) is 25.9 Å². The second kappa shape index (κ2) is 5.79. The Balaban J connectivity index is 1.73. The number of fused-ring (bicyclic) bond motifs is 1. The summed E-state index contributed by atoms with van der Waals surface area (Å²) in [6.07, 6.45) is 7.89. The molecule has 1 aliphatic rings. The molecule has 3 rings (SSSR count). The Bertz CT molecular complexity index is 569. The molecule has 5 nitrogen and oxygen atoms in total. The normalized spacial score (nSPS) is 16.1. The molecule has 0 saturated carbocycles. The van der Waals surface area contributed by atoms with E-state index in [0.717, 1.165) is 37.7 Å². The van der Waals surface area contributed by atoms with Crippen LogP contribution in [0.1, 0.15) is 49.9 Å². The zero-order valence-electron chi connectivity index (χ0n) is 12.3. The van der Waals surface area contributed by atoms with Gasteiger partial charge in [-0.2, -0.15) is 0 Å². The molecule has 0 aliphatic carbocycles. The molecule has 0 amide bonds. The third-order valence-corrected chi connectivity index (χ3v) is 4.04. The van der Waals surface area contributed by atoms with Gasteiger partial charge in [-0.15, -0.1) is 10.2 Å². The minimum Gasteiger partial charge on any atom is -0.346 e. The minimum atomic E-state index is 0.397. The van der Waals surface area contributed by atoms with Gasteiger partial charge in [0.15, 0.2) is 5.82 Å². The van der Waals surface area contributed by atoms with Crippen molar-refractivity contribution in [1.82, 2.24) is 24.6 Å². The molecule has 1 N–H and O–H groups in total. The molecule has 2 aromatic rings. The maximum Gasteiger partial charge on any atom is 0.152 e. The van der Waals surface area contributed by atoms with Crippen LogP contribution in [0.4, 0.5) is 0 Å². The number of nitrogens with one attached hydrogen (secondary N) is 1. The molecule has 1 aliphatic heterocycles. The molecule has 5 heteroatoms. The standard InChI is InChI=1S/C15H23N5/c1-3-16-12(2)13-7-9-19(10-13)11-15-18-17-14-6-4-5-8-20(14)15/h7,9-10,12,16H,3-6,8,11H2,1-2H3. The van der Waals surface area contributed by atoms with Gasteiger partial charge in [-0.3, -0.25) is 0 Å². The highest BCUT2D eigenvalue weighted by molar-refractivity contribution is 5.15. The number of aryl methyl sites for hydroxylation is 1. The van der Waals surface area contributed by atoms with Gasteiger partial charge in [-0.25, -0.2) is 0 Å². The van der Waals surface area contributed by atoms with Crippen molar-refractivity contribution in [2.45, 2.75) is 52.2 Å². The summed E-state index contributed by atoms with van der Waals surface area (Å²) >= 11 is 0. The van der Waals surface area contributed by atoms with Gasteiger partial charge in [-0.1, -0.05) is 6.92 Å². The third kappa shape index (κ3) is 2.63. The van der Waals surface area contributed by atoms with E-state index in [-0.39, 0.29) is 0 Å². The lowest BCUT2D eigenvalue weighted by Gasteiger charge is -2.15. The molecule has 20 heavy (non-hydrogen) atoms. The van der Waals surface area contributed by atoms with Crippen molar-refractivity contribution in [2.75, 3.05) is 6.54 Å². The Labute approximate surface area is 120 Å². The second-order valence-corrected chi connectivity index (χ2v) is 5.54. The number of nitrogens with zero attached hydrogens (tertiary/aromatic N) is 4. The molecule has 108 valence electrons. The summed E-state index contributed by atoms with van der Waals surface area (Å²) in [5.41, 5.74) is 1.32. The van der Waals surface area contributed by atoms with Crippen LogP contribution in [0.5, 0.6) is 0 Å². The first-order valence-corrected chi connectivity index (χ1v) is 7.58. The van der Waals surface area contributed by atoms with Crippen LogP contribution in [0, 0.1) is 0 Å². The molecule has 1 atom stereocenters. The lowest BCUT2D eigenvalue weighted by atomic mass is 10.2. The molecular weight excluding hydrogens is 250 g/mol. The van der Waals surface area contributed by atoms with E-state index in [9.17, 15) is 0 Å². The van der Waals surface area contributed by atoms with Gasteiger partial charge >= 0.3 is 0 Å². The molecule has 0 fully saturated rings. The fourth-order valence-corrected chi connectivity index (χ4v) is 2.89. The van der Waals surface area contributed by atoms with Crippen LogP contribution < -0.4 is 5.32 Å². The second-order valence-electron chi connectivity index (χ2n) is 5.54. The summed E-state index contributed by atoms with van der Waals surface area (Å²) in [6.45, 7) is 7.20. The summed E-state index contributed by atoms with van der Waals surface area (Å²) < 4.78 is 4.49. The Morgan fingerprint density at radius 3 is 3.10 bits per heavy atom. The molecule has 0 radical (unpaired) electrons. The number of hydrogen-bond acceptors (Lipinski definition) is 3. The largest absolute Gasteiger partial charge is 0.346 e. The molecule has 0 bridgehead atoms. The zero-order chi connectivity index (χ0) is 13.9. The number of rotatable bonds is 5. The van der Waals surface area contributed by atoms with Crippen molar-refractivity contribution >= 4 is 0 Å². The maximum atomic E-state index is 4.36. The van der Waals surface area contributed by atoms with Crippen molar-refractivity contribution in [3.8, 4) is 0 Å².